The summed E-state index contributed by atoms with van der Waals surface area (Å²) in [5.74, 6) is -0.983. The lowest BCUT2D eigenvalue weighted by Gasteiger charge is -2.14. The van der Waals surface area contributed by atoms with Gasteiger partial charge >= 0.3 is 5.97 Å². The number of amides is 1. The number of nitrogens with zero attached hydrogens (tertiary/aromatic N) is 1. The number of carbonyl (C=O) groups excluding carboxylic acids is 1. The van der Waals surface area contributed by atoms with E-state index in [1.807, 2.05) is 60.7 Å². The zero-order valence-electron chi connectivity index (χ0n) is 15.4. The number of benzene rings is 3. The van der Waals surface area contributed by atoms with Gasteiger partial charge in [0, 0.05) is 17.5 Å². The summed E-state index contributed by atoms with van der Waals surface area (Å²) < 4.78 is 5.46. The second-order valence-electron chi connectivity index (χ2n) is 6.66. The maximum atomic E-state index is 12.7. The molecule has 1 aromatic heterocycles. The van der Waals surface area contributed by atoms with Crippen LogP contribution < -0.4 is 5.32 Å². The van der Waals surface area contributed by atoms with Crippen molar-refractivity contribution in [1.29, 1.82) is 0 Å². The SMILES string of the molecule is O=C(NC(Cc1ccccc1)C(=O)O)c1ccc2noc(-c3ccccc3)c2c1. The molecule has 4 aromatic rings. The van der Waals surface area contributed by atoms with E-state index < -0.39 is 17.9 Å². The fraction of sp³-hybridized carbons (Fsp3) is 0.0870. The van der Waals surface area contributed by atoms with Crippen LogP contribution in [0.15, 0.2) is 83.4 Å². The first-order valence-electron chi connectivity index (χ1n) is 9.14. The third-order valence-corrected chi connectivity index (χ3v) is 4.66. The number of carboxylic acid groups (broad SMARTS) is 1. The van der Waals surface area contributed by atoms with E-state index >= 15 is 0 Å². The Morgan fingerprint density at radius 1 is 0.966 bits per heavy atom. The van der Waals surface area contributed by atoms with Gasteiger partial charge in [0.15, 0.2) is 5.76 Å². The monoisotopic (exact) mass is 386 g/mol. The molecule has 0 aliphatic heterocycles. The van der Waals surface area contributed by atoms with Crippen molar-refractivity contribution in [2.45, 2.75) is 12.5 Å². The smallest absolute Gasteiger partial charge is 0.326 e. The molecule has 0 saturated heterocycles. The van der Waals surface area contributed by atoms with Gasteiger partial charge in [-0.1, -0.05) is 65.8 Å². The molecule has 0 aliphatic rings. The van der Waals surface area contributed by atoms with Gasteiger partial charge in [-0.15, -0.1) is 0 Å². The Kier molecular flexibility index (Phi) is 5.07. The molecule has 1 amide bonds. The minimum Gasteiger partial charge on any atom is -0.480 e. The van der Waals surface area contributed by atoms with E-state index in [2.05, 4.69) is 10.5 Å². The summed E-state index contributed by atoms with van der Waals surface area (Å²) in [7, 11) is 0. The number of carboxylic acids is 1. The molecule has 0 fully saturated rings. The minimum absolute atomic E-state index is 0.201. The Bertz CT molecular complexity index is 1150. The molecule has 6 heteroatoms. The normalized spacial score (nSPS) is 11.9. The first-order chi connectivity index (χ1) is 14.1. The Balaban J connectivity index is 1.60. The first-order valence-corrected chi connectivity index (χ1v) is 9.14. The zero-order valence-corrected chi connectivity index (χ0v) is 15.4. The lowest BCUT2D eigenvalue weighted by molar-refractivity contribution is -0.139. The highest BCUT2D eigenvalue weighted by Crippen LogP contribution is 2.29. The molecule has 4 rings (SSSR count). The lowest BCUT2D eigenvalue weighted by Crippen LogP contribution is -2.42. The highest BCUT2D eigenvalue weighted by molar-refractivity contribution is 6.02. The van der Waals surface area contributed by atoms with Crippen molar-refractivity contribution in [2.75, 3.05) is 0 Å². The number of hydrogen-bond acceptors (Lipinski definition) is 4. The molecular weight excluding hydrogens is 368 g/mol. The van der Waals surface area contributed by atoms with E-state index in [1.54, 1.807) is 18.2 Å². The van der Waals surface area contributed by atoms with Crippen LogP contribution in [0.25, 0.3) is 22.2 Å². The van der Waals surface area contributed by atoms with Crippen molar-refractivity contribution in [2.24, 2.45) is 0 Å². The highest BCUT2D eigenvalue weighted by atomic mass is 16.5. The molecule has 144 valence electrons. The summed E-state index contributed by atoms with van der Waals surface area (Å²) in [5, 5.41) is 16.9. The predicted molar refractivity (Wildman–Crippen MR) is 108 cm³/mol. The Morgan fingerprint density at radius 3 is 2.34 bits per heavy atom. The van der Waals surface area contributed by atoms with Crippen molar-refractivity contribution < 1.29 is 19.2 Å². The van der Waals surface area contributed by atoms with Crippen molar-refractivity contribution in [3.05, 3.63) is 90.0 Å². The van der Waals surface area contributed by atoms with Gasteiger partial charge in [-0.2, -0.15) is 0 Å². The maximum Gasteiger partial charge on any atom is 0.326 e. The molecule has 1 unspecified atom stereocenters. The topological polar surface area (TPSA) is 92.4 Å². The Labute approximate surface area is 166 Å². The number of hydrogen-bond donors (Lipinski definition) is 2. The number of aromatic nitrogens is 1. The maximum absolute atomic E-state index is 12.7. The van der Waals surface area contributed by atoms with Crippen LogP contribution in [0.3, 0.4) is 0 Å². The summed E-state index contributed by atoms with van der Waals surface area (Å²) in [6.45, 7) is 0. The molecule has 2 N–H and O–H groups in total. The van der Waals surface area contributed by atoms with Crippen LogP contribution in [0.2, 0.25) is 0 Å². The summed E-state index contributed by atoms with van der Waals surface area (Å²) >= 11 is 0. The van der Waals surface area contributed by atoms with Gasteiger partial charge in [-0.3, -0.25) is 4.79 Å². The quantitative estimate of drug-likeness (QED) is 0.524. The molecule has 6 nitrogen and oxygen atoms in total. The van der Waals surface area contributed by atoms with E-state index in [9.17, 15) is 14.7 Å². The van der Waals surface area contributed by atoms with Crippen molar-refractivity contribution >= 4 is 22.8 Å². The third-order valence-electron chi connectivity index (χ3n) is 4.66. The average molecular weight is 386 g/mol. The van der Waals surface area contributed by atoms with Crippen LogP contribution in [-0.2, 0) is 11.2 Å². The first kappa shape index (κ1) is 18.4. The average Bonchev–Trinajstić information content (AvgIpc) is 3.18. The van der Waals surface area contributed by atoms with Crippen molar-refractivity contribution in [3.8, 4) is 11.3 Å². The van der Waals surface area contributed by atoms with Gasteiger partial charge in [0.25, 0.3) is 5.91 Å². The summed E-state index contributed by atoms with van der Waals surface area (Å²) in [5.41, 5.74) is 2.65. The number of carbonyl (C=O) groups is 2. The molecule has 0 radical (unpaired) electrons. The summed E-state index contributed by atoms with van der Waals surface area (Å²) in [6, 6.07) is 22.6. The van der Waals surface area contributed by atoms with Crippen LogP contribution >= 0.6 is 0 Å². The van der Waals surface area contributed by atoms with E-state index in [0.29, 0.717) is 22.2 Å². The van der Waals surface area contributed by atoms with Crippen LogP contribution in [0.4, 0.5) is 0 Å². The molecule has 0 spiro atoms. The molecule has 1 atom stereocenters. The molecule has 0 saturated carbocycles. The standard InChI is InChI=1S/C23H18N2O4/c26-22(24-20(23(27)28)13-15-7-3-1-4-8-15)17-11-12-19-18(14-17)21(29-25-19)16-9-5-2-6-10-16/h1-12,14,20H,13H2,(H,24,26)(H,27,28). The number of fused-ring (bicyclic) bond motifs is 1. The second kappa shape index (κ2) is 7.98. The van der Waals surface area contributed by atoms with Gasteiger partial charge in [-0.05, 0) is 23.8 Å². The zero-order chi connectivity index (χ0) is 20.2. The lowest BCUT2D eigenvalue weighted by atomic mass is 10.0. The highest BCUT2D eigenvalue weighted by Gasteiger charge is 2.22. The fourth-order valence-electron chi connectivity index (χ4n) is 3.17. The molecule has 29 heavy (non-hydrogen) atoms. The van der Waals surface area contributed by atoms with Gasteiger partial charge in [0.2, 0.25) is 0 Å². The molecule has 0 bridgehead atoms. The summed E-state index contributed by atoms with van der Waals surface area (Å²) in [4.78, 5) is 24.4. The predicted octanol–water partition coefficient (Wildman–Crippen LogP) is 3.92. The fourth-order valence-corrected chi connectivity index (χ4v) is 3.17. The van der Waals surface area contributed by atoms with E-state index in [1.165, 1.54) is 0 Å². The molecule has 1 heterocycles. The molecule has 3 aromatic carbocycles. The van der Waals surface area contributed by atoms with Gasteiger partial charge in [0.1, 0.15) is 11.6 Å². The Morgan fingerprint density at radius 2 is 1.66 bits per heavy atom. The number of aliphatic carboxylic acids is 1. The number of nitrogens with one attached hydrogen (secondary N) is 1. The van der Waals surface area contributed by atoms with Crippen molar-refractivity contribution in [3.63, 3.8) is 0 Å². The number of rotatable bonds is 6. The van der Waals surface area contributed by atoms with Crippen LogP contribution in [0, 0.1) is 0 Å². The van der Waals surface area contributed by atoms with Gasteiger partial charge in [-0.25, -0.2) is 4.79 Å². The molecule has 0 aliphatic carbocycles. The van der Waals surface area contributed by atoms with Crippen LogP contribution in [-0.4, -0.2) is 28.2 Å². The third kappa shape index (κ3) is 4.01. The van der Waals surface area contributed by atoms with Crippen LogP contribution in [0.5, 0.6) is 0 Å². The van der Waals surface area contributed by atoms with Gasteiger partial charge in [0.05, 0.1) is 5.39 Å². The minimum atomic E-state index is -1.08. The van der Waals surface area contributed by atoms with Crippen LogP contribution in [0.1, 0.15) is 15.9 Å². The van der Waals surface area contributed by atoms with E-state index in [0.717, 1.165) is 11.1 Å². The van der Waals surface area contributed by atoms with Gasteiger partial charge < -0.3 is 14.9 Å². The van der Waals surface area contributed by atoms with E-state index in [-0.39, 0.29) is 6.42 Å². The summed E-state index contributed by atoms with van der Waals surface area (Å²) in [6.07, 6.45) is 0.201. The van der Waals surface area contributed by atoms with Crippen molar-refractivity contribution in [1.82, 2.24) is 10.5 Å². The largest absolute Gasteiger partial charge is 0.480 e. The second-order valence-corrected chi connectivity index (χ2v) is 6.66. The Hall–Kier alpha value is -3.93. The van der Waals surface area contributed by atoms with E-state index in [4.69, 9.17) is 4.52 Å². The molecular formula is C23H18N2O4.